The maximum absolute atomic E-state index is 12.1. The Morgan fingerprint density at radius 2 is 1.59 bits per heavy atom. The maximum atomic E-state index is 12.1. The highest BCUT2D eigenvalue weighted by Gasteiger charge is 2.15. The van der Waals surface area contributed by atoms with Gasteiger partial charge in [0.15, 0.2) is 0 Å². The Labute approximate surface area is 156 Å². The summed E-state index contributed by atoms with van der Waals surface area (Å²) in [6.45, 7) is 0. The van der Waals surface area contributed by atoms with Crippen molar-refractivity contribution in [3.8, 4) is 40.3 Å². The number of hydrogen-bond acceptors (Lipinski definition) is 3. The number of hydrogen-bond donors (Lipinski definition) is 0. The van der Waals surface area contributed by atoms with Crippen molar-refractivity contribution in [1.29, 1.82) is 0 Å². The van der Waals surface area contributed by atoms with E-state index in [2.05, 4.69) is 30.2 Å². The third-order valence-electron chi connectivity index (χ3n) is 4.43. The second kappa shape index (κ2) is 6.86. The van der Waals surface area contributed by atoms with Crippen LogP contribution in [0, 0.1) is 12.3 Å². The molecule has 3 aromatic rings. The molecule has 2 aromatic carbocycles. The summed E-state index contributed by atoms with van der Waals surface area (Å²) in [5, 5.41) is 0.787. The predicted octanol–water partition coefficient (Wildman–Crippen LogP) is 5.12. The van der Waals surface area contributed by atoms with Gasteiger partial charge in [-0.1, -0.05) is 54.5 Å². The summed E-state index contributed by atoms with van der Waals surface area (Å²) < 4.78 is 10.5. The maximum Gasteiger partial charge on any atom is 0.352 e. The first-order valence-corrected chi connectivity index (χ1v) is 8.48. The van der Waals surface area contributed by atoms with E-state index < -0.39 is 5.63 Å². The first kappa shape index (κ1) is 16.7. The second-order valence-corrected chi connectivity index (χ2v) is 6.09. The van der Waals surface area contributed by atoms with Gasteiger partial charge in [0.1, 0.15) is 16.9 Å². The minimum Gasteiger partial charge on any atom is -0.497 e. The zero-order valence-corrected chi connectivity index (χ0v) is 14.7. The van der Waals surface area contributed by atoms with Crippen LogP contribution in [-0.4, -0.2) is 7.11 Å². The molecule has 1 heterocycles. The van der Waals surface area contributed by atoms with Gasteiger partial charge in [0, 0.05) is 17.0 Å². The molecule has 0 N–H and O–H groups in total. The predicted molar refractivity (Wildman–Crippen MR) is 108 cm³/mol. The largest absolute Gasteiger partial charge is 0.497 e. The molecule has 2 aliphatic rings. The summed E-state index contributed by atoms with van der Waals surface area (Å²) in [5.74, 6) is 3.07. The zero-order chi connectivity index (χ0) is 18.8. The number of terminal acetylenes is 1. The fourth-order valence-electron chi connectivity index (χ4n) is 3.02. The van der Waals surface area contributed by atoms with Gasteiger partial charge in [0.25, 0.3) is 0 Å². The number of benzene rings is 3. The number of rotatable bonds is 2. The molecule has 1 aromatic heterocycles. The van der Waals surface area contributed by atoms with E-state index in [1.54, 1.807) is 13.2 Å². The van der Waals surface area contributed by atoms with Gasteiger partial charge in [0.2, 0.25) is 0 Å². The molecule has 0 bridgehead atoms. The van der Waals surface area contributed by atoms with Crippen molar-refractivity contribution in [3.63, 3.8) is 0 Å². The molecule has 0 fully saturated rings. The quantitative estimate of drug-likeness (QED) is 0.327. The molecule has 27 heavy (non-hydrogen) atoms. The minimum atomic E-state index is -0.517. The lowest BCUT2D eigenvalue weighted by molar-refractivity contribution is 0.414. The third-order valence-corrected chi connectivity index (χ3v) is 4.43. The van der Waals surface area contributed by atoms with Crippen LogP contribution >= 0.6 is 0 Å². The van der Waals surface area contributed by atoms with Crippen molar-refractivity contribution < 1.29 is 9.15 Å². The molecule has 5 rings (SSSR count). The van der Waals surface area contributed by atoms with Crippen LogP contribution in [0.25, 0.3) is 33.2 Å². The Bertz CT molecular complexity index is 1210. The van der Waals surface area contributed by atoms with Gasteiger partial charge in [-0.25, -0.2) is 4.79 Å². The van der Waals surface area contributed by atoms with E-state index in [0.717, 1.165) is 10.9 Å². The molecule has 0 aliphatic heterocycles. The van der Waals surface area contributed by atoms with E-state index in [9.17, 15) is 4.79 Å². The van der Waals surface area contributed by atoms with Crippen LogP contribution in [0.15, 0.2) is 82.0 Å². The molecule has 0 atom stereocenters. The van der Waals surface area contributed by atoms with Crippen LogP contribution in [0.5, 0.6) is 5.75 Å². The van der Waals surface area contributed by atoms with E-state index in [0.29, 0.717) is 16.9 Å². The van der Waals surface area contributed by atoms with Crippen LogP contribution in [-0.2, 0) is 0 Å². The van der Waals surface area contributed by atoms with E-state index in [1.165, 1.54) is 11.1 Å². The Balaban J connectivity index is 0.000000250. The van der Waals surface area contributed by atoms with Gasteiger partial charge in [-0.3, -0.25) is 0 Å². The molecule has 3 heteroatoms. The first-order chi connectivity index (χ1) is 13.2. The van der Waals surface area contributed by atoms with Gasteiger partial charge in [-0.05, 0) is 34.9 Å². The van der Waals surface area contributed by atoms with Crippen LogP contribution in [0.4, 0.5) is 0 Å². The fraction of sp³-hybridized carbons (Fsp3) is 0.0417. The van der Waals surface area contributed by atoms with Crippen LogP contribution in [0.2, 0.25) is 0 Å². The molecule has 0 unspecified atom stereocenters. The fourth-order valence-corrected chi connectivity index (χ4v) is 3.02. The summed E-state index contributed by atoms with van der Waals surface area (Å²) in [6, 6.07) is 23.4. The summed E-state index contributed by atoms with van der Waals surface area (Å²) in [4.78, 5) is 12.1. The van der Waals surface area contributed by atoms with Crippen molar-refractivity contribution in [2.24, 2.45) is 0 Å². The summed E-state index contributed by atoms with van der Waals surface area (Å²) in [7, 11) is 1.56. The first-order valence-electron chi connectivity index (χ1n) is 8.48. The number of fused-ring (bicyclic) bond motifs is 2. The molecule has 0 radical (unpaired) electrons. The van der Waals surface area contributed by atoms with Crippen molar-refractivity contribution in [2.75, 3.05) is 7.11 Å². The highest BCUT2D eigenvalue weighted by molar-refractivity contribution is 5.96. The van der Waals surface area contributed by atoms with Crippen molar-refractivity contribution >= 4 is 11.0 Å². The van der Waals surface area contributed by atoms with Gasteiger partial charge >= 0.3 is 5.63 Å². The molecule has 0 saturated carbocycles. The van der Waals surface area contributed by atoms with Crippen molar-refractivity contribution in [3.05, 3.63) is 88.8 Å². The molecule has 130 valence electrons. The van der Waals surface area contributed by atoms with E-state index in [-0.39, 0.29) is 5.56 Å². The molecule has 0 saturated heterocycles. The SMILES string of the molecule is C#Cc1c(-c2ccccc2)c2ccc(OC)cc2oc1=O.c1cc2cc-2c1. The molecule has 2 aliphatic carbocycles. The normalized spacial score (nSPS) is 10.5. The topological polar surface area (TPSA) is 39.4 Å². The van der Waals surface area contributed by atoms with E-state index >= 15 is 0 Å². The Morgan fingerprint density at radius 1 is 0.889 bits per heavy atom. The Kier molecular flexibility index (Phi) is 4.24. The summed E-state index contributed by atoms with van der Waals surface area (Å²) in [6.07, 6.45) is 5.50. The molecule has 3 nitrogen and oxygen atoms in total. The van der Waals surface area contributed by atoms with Crippen LogP contribution in [0.3, 0.4) is 0 Å². The van der Waals surface area contributed by atoms with Crippen molar-refractivity contribution in [1.82, 2.24) is 0 Å². The lowest BCUT2D eigenvalue weighted by Crippen LogP contribution is -2.06. The average Bonchev–Trinajstić information content (AvgIpc) is 3.32. The van der Waals surface area contributed by atoms with Gasteiger partial charge < -0.3 is 9.15 Å². The van der Waals surface area contributed by atoms with Gasteiger partial charge in [-0.15, -0.1) is 6.42 Å². The zero-order valence-electron chi connectivity index (χ0n) is 14.7. The highest BCUT2D eigenvalue weighted by Crippen LogP contribution is 2.33. The second-order valence-electron chi connectivity index (χ2n) is 6.09. The smallest absolute Gasteiger partial charge is 0.352 e. The van der Waals surface area contributed by atoms with Crippen LogP contribution < -0.4 is 10.4 Å². The highest BCUT2D eigenvalue weighted by atomic mass is 16.5. The molecule has 0 spiro atoms. The lowest BCUT2D eigenvalue weighted by atomic mass is 9.97. The average molecular weight is 352 g/mol. The van der Waals surface area contributed by atoms with Gasteiger partial charge in [-0.2, -0.15) is 0 Å². The Hall–Kier alpha value is -3.77. The number of ether oxygens (including phenoxy) is 1. The summed E-state index contributed by atoms with van der Waals surface area (Å²) >= 11 is 0. The standard InChI is InChI=1S/C18H12O3.C6H4/c1-3-14-17(12-7-5-4-6-8-12)15-10-9-13(20-2)11-16(15)21-18(14)19;1-2-5-4-6(5)3-1/h1,4-11H,2H3;1-4H. The lowest BCUT2D eigenvalue weighted by Gasteiger charge is -2.09. The summed E-state index contributed by atoms with van der Waals surface area (Å²) in [5.41, 5.74) is 4.62. The van der Waals surface area contributed by atoms with E-state index in [1.807, 2.05) is 42.5 Å². The number of methoxy groups -OCH3 is 1. The monoisotopic (exact) mass is 352 g/mol. The molecule has 0 amide bonds. The van der Waals surface area contributed by atoms with Gasteiger partial charge in [0.05, 0.1) is 7.11 Å². The Morgan fingerprint density at radius 3 is 2.15 bits per heavy atom. The molecular weight excluding hydrogens is 336 g/mol. The van der Waals surface area contributed by atoms with E-state index in [4.69, 9.17) is 15.6 Å². The van der Waals surface area contributed by atoms with Crippen LogP contribution in [0.1, 0.15) is 5.56 Å². The minimum absolute atomic E-state index is 0.235. The third kappa shape index (κ3) is 3.21. The van der Waals surface area contributed by atoms with Crippen molar-refractivity contribution in [2.45, 2.75) is 0 Å². The molecular formula is C24H16O3.